The predicted octanol–water partition coefficient (Wildman–Crippen LogP) is 2.76. The number of imidazole rings is 1. The highest BCUT2D eigenvalue weighted by Gasteiger charge is 2.10. The van der Waals surface area contributed by atoms with Crippen molar-refractivity contribution in [3.63, 3.8) is 0 Å². The second kappa shape index (κ2) is 4.44. The standard InChI is InChI=1S/C13H13N3OS/c1-17-9-5-11(18-7-9)13-15-10-4-2-3-8(6-14)12(10)16-13/h2-5,7H,6,14H2,1H3,(H,15,16). The van der Waals surface area contributed by atoms with Crippen LogP contribution in [0.4, 0.5) is 0 Å². The minimum atomic E-state index is 0.495. The fourth-order valence-corrected chi connectivity index (χ4v) is 2.72. The summed E-state index contributed by atoms with van der Waals surface area (Å²) in [5.74, 6) is 1.72. The highest BCUT2D eigenvalue weighted by atomic mass is 32.1. The molecule has 18 heavy (non-hydrogen) atoms. The number of nitrogens with one attached hydrogen (secondary N) is 1. The van der Waals surface area contributed by atoms with Crippen molar-refractivity contribution >= 4 is 22.4 Å². The van der Waals surface area contributed by atoms with Crippen LogP contribution in [0.25, 0.3) is 21.7 Å². The molecule has 2 aromatic heterocycles. The van der Waals surface area contributed by atoms with Gasteiger partial charge in [0.25, 0.3) is 0 Å². The summed E-state index contributed by atoms with van der Waals surface area (Å²) in [6.45, 7) is 0.495. The SMILES string of the molecule is COc1csc(-c2nc3c(CN)cccc3[nH]2)c1. The molecule has 1 aromatic carbocycles. The summed E-state index contributed by atoms with van der Waals surface area (Å²) in [7, 11) is 1.66. The Balaban J connectivity index is 2.13. The maximum Gasteiger partial charge on any atom is 0.148 e. The number of methoxy groups -OCH3 is 1. The average Bonchev–Trinajstić information content (AvgIpc) is 3.03. The van der Waals surface area contributed by atoms with E-state index in [9.17, 15) is 0 Å². The van der Waals surface area contributed by atoms with E-state index in [1.807, 2.05) is 29.6 Å². The molecule has 0 aliphatic heterocycles. The van der Waals surface area contributed by atoms with Crippen LogP contribution in [0.1, 0.15) is 5.56 Å². The molecule has 0 atom stereocenters. The van der Waals surface area contributed by atoms with Crippen LogP contribution in [0.3, 0.4) is 0 Å². The lowest BCUT2D eigenvalue weighted by molar-refractivity contribution is 0.417. The van der Waals surface area contributed by atoms with Gasteiger partial charge in [0.2, 0.25) is 0 Å². The molecular formula is C13H13N3OS. The molecule has 5 heteroatoms. The highest BCUT2D eigenvalue weighted by molar-refractivity contribution is 7.13. The Bertz CT molecular complexity index is 686. The van der Waals surface area contributed by atoms with E-state index in [2.05, 4.69) is 9.97 Å². The number of thiophene rings is 1. The third-order valence-electron chi connectivity index (χ3n) is 2.86. The molecule has 3 N–H and O–H groups in total. The molecule has 0 aliphatic carbocycles. The van der Waals surface area contributed by atoms with Crippen LogP contribution < -0.4 is 10.5 Å². The van der Waals surface area contributed by atoms with Crippen molar-refractivity contribution in [3.8, 4) is 16.5 Å². The van der Waals surface area contributed by atoms with E-state index in [1.54, 1.807) is 18.4 Å². The number of benzene rings is 1. The number of aromatic nitrogens is 2. The number of ether oxygens (including phenoxy) is 1. The summed E-state index contributed by atoms with van der Waals surface area (Å²) in [4.78, 5) is 8.99. The highest BCUT2D eigenvalue weighted by Crippen LogP contribution is 2.30. The summed E-state index contributed by atoms with van der Waals surface area (Å²) in [6.07, 6.45) is 0. The van der Waals surface area contributed by atoms with Crippen LogP contribution in [-0.4, -0.2) is 17.1 Å². The Labute approximate surface area is 108 Å². The van der Waals surface area contributed by atoms with E-state index in [0.29, 0.717) is 6.54 Å². The summed E-state index contributed by atoms with van der Waals surface area (Å²) in [6, 6.07) is 7.98. The predicted molar refractivity (Wildman–Crippen MR) is 73.9 cm³/mol. The van der Waals surface area contributed by atoms with Crippen molar-refractivity contribution in [3.05, 3.63) is 35.2 Å². The van der Waals surface area contributed by atoms with Crippen LogP contribution in [-0.2, 0) is 6.54 Å². The van der Waals surface area contributed by atoms with Crippen LogP contribution >= 0.6 is 11.3 Å². The van der Waals surface area contributed by atoms with E-state index in [0.717, 1.165) is 33.0 Å². The van der Waals surface area contributed by atoms with Gasteiger partial charge in [-0.1, -0.05) is 12.1 Å². The Hall–Kier alpha value is -1.85. The quantitative estimate of drug-likeness (QED) is 0.760. The summed E-state index contributed by atoms with van der Waals surface area (Å²) in [5.41, 5.74) is 8.73. The van der Waals surface area contributed by atoms with Crippen molar-refractivity contribution in [1.82, 2.24) is 9.97 Å². The zero-order valence-electron chi connectivity index (χ0n) is 9.93. The van der Waals surface area contributed by atoms with Gasteiger partial charge in [-0.15, -0.1) is 11.3 Å². The summed E-state index contributed by atoms with van der Waals surface area (Å²) >= 11 is 1.61. The van der Waals surface area contributed by atoms with E-state index in [-0.39, 0.29) is 0 Å². The molecular weight excluding hydrogens is 246 g/mol. The first-order valence-electron chi connectivity index (χ1n) is 5.62. The largest absolute Gasteiger partial charge is 0.496 e. The molecule has 92 valence electrons. The number of hydrogen-bond acceptors (Lipinski definition) is 4. The first-order chi connectivity index (χ1) is 8.81. The molecule has 0 saturated carbocycles. The molecule has 0 unspecified atom stereocenters. The molecule has 0 radical (unpaired) electrons. The number of nitrogens with two attached hydrogens (primary N) is 1. The molecule has 0 fully saturated rings. The molecule has 2 heterocycles. The lowest BCUT2D eigenvalue weighted by atomic mass is 10.2. The van der Waals surface area contributed by atoms with Gasteiger partial charge in [-0.2, -0.15) is 0 Å². The van der Waals surface area contributed by atoms with Crippen LogP contribution in [0.2, 0.25) is 0 Å². The number of aromatic amines is 1. The van der Waals surface area contributed by atoms with E-state index in [4.69, 9.17) is 10.5 Å². The normalized spacial score (nSPS) is 11.0. The van der Waals surface area contributed by atoms with Crippen LogP contribution in [0.15, 0.2) is 29.6 Å². The van der Waals surface area contributed by atoms with Crippen LogP contribution in [0, 0.1) is 0 Å². The molecule has 0 saturated heterocycles. The zero-order valence-corrected chi connectivity index (χ0v) is 10.8. The van der Waals surface area contributed by atoms with E-state index >= 15 is 0 Å². The van der Waals surface area contributed by atoms with E-state index in [1.165, 1.54) is 0 Å². The van der Waals surface area contributed by atoms with Gasteiger partial charge in [0.15, 0.2) is 0 Å². The fraction of sp³-hybridized carbons (Fsp3) is 0.154. The minimum Gasteiger partial charge on any atom is -0.496 e. The van der Waals surface area contributed by atoms with Gasteiger partial charge in [-0.25, -0.2) is 4.98 Å². The van der Waals surface area contributed by atoms with Crippen molar-refractivity contribution in [2.75, 3.05) is 7.11 Å². The van der Waals surface area contributed by atoms with Gasteiger partial charge in [0, 0.05) is 18.0 Å². The second-order valence-electron chi connectivity index (χ2n) is 3.95. The van der Waals surface area contributed by atoms with Crippen molar-refractivity contribution in [2.45, 2.75) is 6.54 Å². The lowest BCUT2D eigenvalue weighted by Gasteiger charge is -1.95. The number of hydrogen-bond donors (Lipinski definition) is 2. The van der Waals surface area contributed by atoms with Gasteiger partial charge in [0.05, 0.1) is 23.0 Å². The Morgan fingerprint density at radius 1 is 1.44 bits per heavy atom. The minimum absolute atomic E-state index is 0.495. The Kier molecular flexibility index (Phi) is 2.77. The van der Waals surface area contributed by atoms with Crippen LogP contribution in [0.5, 0.6) is 5.75 Å². The summed E-state index contributed by atoms with van der Waals surface area (Å²) in [5, 5.41) is 1.96. The Morgan fingerprint density at radius 2 is 2.33 bits per heavy atom. The molecule has 0 bridgehead atoms. The lowest BCUT2D eigenvalue weighted by Crippen LogP contribution is -1.96. The van der Waals surface area contributed by atoms with Gasteiger partial charge in [0.1, 0.15) is 11.6 Å². The monoisotopic (exact) mass is 259 g/mol. The van der Waals surface area contributed by atoms with Crippen molar-refractivity contribution < 1.29 is 4.74 Å². The topological polar surface area (TPSA) is 63.9 Å². The van der Waals surface area contributed by atoms with Crippen molar-refractivity contribution in [2.24, 2.45) is 5.73 Å². The third-order valence-corrected chi connectivity index (χ3v) is 3.78. The maximum absolute atomic E-state index is 5.72. The molecule has 3 rings (SSSR count). The first kappa shape index (κ1) is 11.3. The van der Waals surface area contributed by atoms with Gasteiger partial charge >= 0.3 is 0 Å². The van der Waals surface area contributed by atoms with Gasteiger partial charge in [-0.05, 0) is 11.6 Å². The number of rotatable bonds is 3. The number of H-pyrrole nitrogens is 1. The Morgan fingerprint density at radius 3 is 3.06 bits per heavy atom. The van der Waals surface area contributed by atoms with Gasteiger partial charge < -0.3 is 15.5 Å². The second-order valence-corrected chi connectivity index (χ2v) is 4.86. The third kappa shape index (κ3) is 1.77. The molecule has 4 nitrogen and oxygen atoms in total. The number of fused-ring (bicyclic) bond motifs is 1. The zero-order chi connectivity index (χ0) is 12.5. The van der Waals surface area contributed by atoms with E-state index < -0.39 is 0 Å². The van der Waals surface area contributed by atoms with Gasteiger partial charge in [-0.3, -0.25) is 0 Å². The smallest absolute Gasteiger partial charge is 0.148 e. The molecule has 0 spiro atoms. The first-order valence-corrected chi connectivity index (χ1v) is 6.50. The number of nitrogens with zero attached hydrogens (tertiary/aromatic N) is 1. The average molecular weight is 259 g/mol. The molecule has 0 aliphatic rings. The van der Waals surface area contributed by atoms with Crippen molar-refractivity contribution in [1.29, 1.82) is 0 Å². The fourth-order valence-electron chi connectivity index (χ4n) is 1.92. The molecule has 3 aromatic rings. The summed E-state index contributed by atoms with van der Waals surface area (Å²) < 4.78 is 5.18. The molecule has 0 amide bonds. The maximum atomic E-state index is 5.72. The number of para-hydroxylation sites is 1.